The molecule has 1 heterocycles. The van der Waals surface area contributed by atoms with E-state index in [-0.39, 0.29) is 5.91 Å². The third-order valence-corrected chi connectivity index (χ3v) is 3.44. The van der Waals surface area contributed by atoms with Crippen LogP contribution in [0.4, 0.5) is 0 Å². The van der Waals surface area contributed by atoms with Gasteiger partial charge in [-0.3, -0.25) is 4.79 Å². The standard InChI is InChI=1S/C17H24N4O2/c1-4-23-16-8-6-5-7-15(16)17(22)21(10-9-20(2)3)12-14-11-18-13-19-14/h5-8,11,13H,4,9-10,12H2,1-3H3,(H,18,19). The molecule has 0 spiro atoms. The van der Waals surface area contributed by atoms with E-state index < -0.39 is 0 Å². The molecule has 0 aliphatic heterocycles. The molecule has 1 aromatic heterocycles. The normalized spacial score (nSPS) is 10.8. The number of hydrogen-bond donors (Lipinski definition) is 1. The van der Waals surface area contributed by atoms with Crippen LogP contribution in [0.2, 0.25) is 0 Å². The number of nitrogens with one attached hydrogen (secondary N) is 1. The van der Waals surface area contributed by atoms with E-state index in [2.05, 4.69) is 14.9 Å². The fourth-order valence-electron chi connectivity index (χ4n) is 2.24. The highest BCUT2D eigenvalue weighted by atomic mass is 16.5. The first-order chi connectivity index (χ1) is 11.1. The number of rotatable bonds is 8. The smallest absolute Gasteiger partial charge is 0.258 e. The number of benzene rings is 1. The van der Waals surface area contributed by atoms with E-state index in [4.69, 9.17) is 4.74 Å². The van der Waals surface area contributed by atoms with Gasteiger partial charge in [-0.05, 0) is 33.2 Å². The van der Waals surface area contributed by atoms with E-state index in [0.29, 0.717) is 31.0 Å². The molecule has 2 aromatic rings. The summed E-state index contributed by atoms with van der Waals surface area (Å²) in [4.78, 5) is 23.9. The van der Waals surface area contributed by atoms with E-state index in [9.17, 15) is 4.79 Å². The highest BCUT2D eigenvalue weighted by Crippen LogP contribution is 2.20. The number of ether oxygens (including phenoxy) is 1. The van der Waals surface area contributed by atoms with Gasteiger partial charge in [0.2, 0.25) is 0 Å². The summed E-state index contributed by atoms with van der Waals surface area (Å²) in [7, 11) is 3.99. The van der Waals surface area contributed by atoms with Gasteiger partial charge in [-0.25, -0.2) is 4.98 Å². The number of nitrogens with zero attached hydrogens (tertiary/aromatic N) is 3. The van der Waals surface area contributed by atoms with Gasteiger partial charge in [-0.1, -0.05) is 12.1 Å². The maximum atomic E-state index is 13.0. The highest BCUT2D eigenvalue weighted by molar-refractivity contribution is 5.96. The Morgan fingerprint density at radius 2 is 2.04 bits per heavy atom. The van der Waals surface area contributed by atoms with Gasteiger partial charge in [0.05, 0.1) is 30.7 Å². The van der Waals surface area contributed by atoms with Crippen molar-refractivity contribution < 1.29 is 9.53 Å². The molecule has 2 rings (SSSR count). The third-order valence-electron chi connectivity index (χ3n) is 3.44. The molecule has 0 aliphatic rings. The van der Waals surface area contributed by atoms with Gasteiger partial charge >= 0.3 is 0 Å². The number of amides is 1. The average molecular weight is 316 g/mol. The largest absolute Gasteiger partial charge is 0.493 e. The van der Waals surface area contributed by atoms with Crippen LogP contribution >= 0.6 is 0 Å². The van der Waals surface area contributed by atoms with Crippen molar-refractivity contribution in [3.63, 3.8) is 0 Å². The molecule has 0 fully saturated rings. The van der Waals surface area contributed by atoms with Crippen LogP contribution in [0.15, 0.2) is 36.8 Å². The zero-order valence-electron chi connectivity index (χ0n) is 14.0. The summed E-state index contributed by atoms with van der Waals surface area (Å²) in [6.45, 7) is 4.35. The summed E-state index contributed by atoms with van der Waals surface area (Å²) in [6.07, 6.45) is 3.36. The maximum absolute atomic E-state index is 13.0. The zero-order valence-corrected chi connectivity index (χ0v) is 14.0. The van der Waals surface area contributed by atoms with Crippen LogP contribution in [0.5, 0.6) is 5.75 Å². The monoisotopic (exact) mass is 316 g/mol. The third kappa shape index (κ3) is 4.82. The lowest BCUT2D eigenvalue weighted by Crippen LogP contribution is -2.36. The molecule has 6 nitrogen and oxygen atoms in total. The average Bonchev–Trinajstić information content (AvgIpc) is 3.04. The van der Waals surface area contributed by atoms with Gasteiger partial charge in [0, 0.05) is 19.3 Å². The predicted molar refractivity (Wildman–Crippen MR) is 89.5 cm³/mol. The summed E-state index contributed by atoms with van der Waals surface area (Å²) in [6, 6.07) is 7.37. The number of likely N-dealkylation sites (N-methyl/N-ethyl adjacent to an activating group) is 1. The summed E-state index contributed by atoms with van der Waals surface area (Å²) in [5, 5.41) is 0. The molecule has 0 bridgehead atoms. The Labute approximate surface area is 137 Å². The first-order valence-electron chi connectivity index (χ1n) is 7.75. The van der Waals surface area contributed by atoms with Crippen molar-refractivity contribution in [2.75, 3.05) is 33.8 Å². The Hall–Kier alpha value is -2.34. The first-order valence-corrected chi connectivity index (χ1v) is 7.75. The number of para-hydroxylation sites is 1. The van der Waals surface area contributed by atoms with Crippen molar-refractivity contribution in [3.05, 3.63) is 48.0 Å². The predicted octanol–water partition coefficient (Wildman–Crippen LogP) is 2.01. The number of carbonyl (C=O) groups excluding carboxylic acids is 1. The first kappa shape index (κ1) is 17.0. The lowest BCUT2D eigenvalue weighted by Gasteiger charge is -2.24. The Kier molecular flexibility index (Phi) is 6.17. The Morgan fingerprint density at radius 1 is 1.26 bits per heavy atom. The molecule has 23 heavy (non-hydrogen) atoms. The summed E-state index contributed by atoms with van der Waals surface area (Å²) in [5.74, 6) is 0.588. The number of H-pyrrole nitrogens is 1. The molecule has 1 N–H and O–H groups in total. The van der Waals surface area contributed by atoms with Crippen molar-refractivity contribution in [1.29, 1.82) is 0 Å². The lowest BCUT2D eigenvalue weighted by molar-refractivity contribution is 0.0726. The number of imidazole rings is 1. The molecule has 0 aliphatic carbocycles. The van der Waals surface area contributed by atoms with Crippen molar-refractivity contribution in [2.24, 2.45) is 0 Å². The van der Waals surface area contributed by atoms with Crippen LogP contribution in [-0.4, -0.2) is 59.5 Å². The molecule has 0 unspecified atom stereocenters. The van der Waals surface area contributed by atoms with Gasteiger partial charge in [-0.15, -0.1) is 0 Å². The fourth-order valence-corrected chi connectivity index (χ4v) is 2.24. The van der Waals surface area contributed by atoms with Gasteiger partial charge in [0.1, 0.15) is 5.75 Å². The highest BCUT2D eigenvalue weighted by Gasteiger charge is 2.20. The fraction of sp³-hybridized carbons (Fsp3) is 0.412. The molecule has 1 aromatic carbocycles. The molecule has 0 saturated heterocycles. The van der Waals surface area contributed by atoms with E-state index in [0.717, 1.165) is 12.2 Å². The van der Waals surface area contributed by atoms with E-state index >= 15 is 0 Å². The van der Waals surface area contributed by atoms with E-state index in [1.54, 1.807) is 12.5 Å². The molecule has 0 saturated carbocycles. The van der Waals surface area contributed by atoms with E-state index in [1.807, 2.05) is 50.2 Å². The second-order valence-corrected chi connectivity index (χ2v) is 5.54. The number of hydrogen-bond acceptors (Lipinski definition) is 4. The quantitative estimate of drug-likeness (QED) is 0.809. The molecule has 124 valence electrons. The van der Waals surface area contributed by atoms with Gasteiger partial charge in [0.15, 0.2) is 0 Å². The maximum Gasteiger partial charge on any atom is 0.258 e. The van der Waals surface area contributed by atoms with Gasteiger partial charge in [0.25, 0.3) is 5.91 Å². The molecule has 1 amide bonds. The second kappa shape index (κ2) is 8.33. The molecule has 0 radical (unpaired) electrons. The second-order valence-electron chi connectivity index (χ2n) is 5.54. The van der Waals surface area contributed by atoms with Crippen LogP contribution < -0.4 is 4.74 Å². The minimum Gasteiger partial charge on any atom is -0.493 e. The Balaban J connectivity index is 2.21. The summed E-state index contributed by atoms with van der Waals surface area (Å²) >= 11 is 0. The zero-order chi connectivity index (χ0) is 16.7. The summed E-state index contributed by atoms with van der Waals surface area (Å²) in [5.41, 5.74) is 1.50. The molecular formula is C17H24N4O2. The van der Waals surface area contributed by atoms with Gasteiger partial charge < -0.3 is 19.5 Å². The minimum absolute atomic E-state index is 0.0366. The molecular weight excluding hydrogens is 292 g/mol. The van der Waals surface area contributed by atoms with Crippen LogP contribution in [0.1, 0.15) is 23.0 Å². The minimum atomic E-state index is -0.0366. The molecule has 6 heteroatoms. The number of aromatic nitrogens is 2. The van der Waals surface area contributed by atoms with Crippen LogP contribution in [-0.2, 0) is 6.54 Å². The molecule has 0 atom stereocenters. The Morgan fingerprint density at radius 3 is 2.70 bits per heavy atom. The van der Waals surface area contributed by atoms with Crippen molar-refractivity contribution in [3.8, 4) is 5.75 Å². The van der Waals surface area contributed by atoms with Crippen molar-refractivity contribution in [2.45, 2.75) is 13.5 Å². The van der Waals surface area contributed by atoms with Gasteiger partial charge in [-0.2, -0.15) is 0 Å². The SMILES string of the molecule is CCOc1ccccc1C(=O)N(CCN(C)C)Cc1cnc[nH]1. The number of carbonyl (C=O) groups is 1. The lowest BCUT2D eigenvalue weighted by atomic mass is 10.1. The van der Waals surface area contributed by atoms with Crippen molar-refractivity contribution >= 4 is 5.91 Å². The van der Waals surface area contributed by atoms with Crippen LogP contribution in [0, 0.1) is 0 Å². The van der Waals surface area contributed by atoms with E-state index in [1.165, 1.54) is 0 Å². The Bertz CT molecular complexity index is 611. The number of aromatic amines is 1. The van der Waals surface area contributed by atoms with Crippen LogP contribution in [0.3, 0.4) is 0 Å². The topological polar surface area (TPSA) is 61.5 Å². The summed E-state index contributed by atoms with van der Waals surface area (Å²) < 4.78 is 5.59. The van der Waals surface area contributed by atoms with Crippen LogP contribution in [0.25, 0.3) is 0 Å². The van der Waals surface area contributed by atoms with Crippen molar-refractivity contribution in [1.82, 2.24) is 19.8 Å².